The molecule has 0 aliphatic heterocycles. The molecule has 0 N–H and O–H groups in total. The molecule has 0 fully saturated rings. The Labute approximate surface area is 357 Å². The molecule has 0 amide bonds. The third-order valence-corrected chi connectivity index (χ3v) is 12.0. The van der Waals surface area contributed by atoms with Gasteiger partial charge in [0.1, 0.15) is 0 Å². The first-order chi connectivity index (χ1) is 30.7. The first-order valence-electron chi connectivity index (χ1n) is 20.8. The topological polar surface area (TPSA) is 61.4 Å². The predicted molar refractivity (Wildman–Crippen MR) is 253 cm³/mol. The van der Waals surface area contributed by atoms with E-state index in [0.717, 1.165) is 78.3 Å². The summed E-state index contributed by atoms with van der Waals surface area (Å²) in [7, 11) is 0. The van der Waals surface area contributed by atoms with Crippen molar-refractivity contribution in [1.82, 2.24) is 29.1 Å². The van der Waals surface area contributed by atoms with Gasteiger partial charge in [0, 0.05) is 80.0 Å². The molecule has 12 rings (SSSR count). The van der Waals surface area contributed by atoms with Gasteiger partial charge in [0.25, 0.3) is 0 Å². The first kappa shape index (κ1) is 35.5. The standard InChI is InChI=1S/C56H36N6/c1-3-11-37(12-4-1)43-33-59-56(60-34-43)40-21-27-46(28-22-40)62-52-18-10-8-16-48(52)50-30-24-42(32-54(50)62)41-23-29-49-47-15-7-9-17-51(47)61(53(49)31-41)45-25-19-38(20-26-45)44-35-57-55(58-36-44)39-13-5-2-6-14-39/h1-36H. The molecule has 62 heavy (non-hydrogen) atoms. The van der Waals surface area contributed by atoms with Crippen molar-refractivity contribution >= 4 is 43.6 Å². The Morgan fingerprint density at radius 2 is 0.581 bits per heavy atom. The van der Waals surface area contributed by atoms with Crippen LogP contribution in [0.15, 0.2) is 219 Å². The van der Waals surface area contributed by atoms with Crippen molar-refractivity contribution in [3.8, 4) is 67.5 Å². The molecule has 0 aliphatic rings. The lowest BCUT2D eigenvalue weighted by molar-refractivity contribution is 1.16. The normalized spacial score (nSPS) is 11.5. The van der Waals surface area contributed by atoms with Crippen molar-refractivity contribution < 1.29 is 0 Å². The molecule has 0 atom stereocenters. The molecule has 0 bridgehead atoms. The largest absolute Gasteiger partial charge is 0.309 e. The predicted octanol–water partition coefficient (Wildman–Crippen LogP) is 13.8. The fraction of sp³-hybridized carbons (Fsp3) is 0. The van der Waals surface area contributed by atoms with E-state index in [-0.39, 0.29) is 0 Å². The van der Waals surface area contributed by atoms with Crippen LogP contribution in [0, 0.1) is 0 Å². The van der Waals surface area contributed by atoms with Crippen LogP contribution < -0.4 is 0 Å². The highest BCUT2D eigenvalue weighted by molar-refractivity contribution is 6.12. The van der Waals surface area contributed by atoms with Crippen LogP contribution in [0.5, 0.6) is 0 Å². The first-order valence-corrected chi connectivity index (χ1v) is 20.8. The highest BCUT2D eigenvalue weighted by Gasteiger charge is 2.17. The Hall–Kier alpha value is -8.48. The van der Waals surface area contributed by atoms with Crippen LogP contribution in [0.2, 0.25) is 0 Å². The molecule has 6 heteroatoms. The van der Waals surface area contributed by atoms with Crippen molar-refractivity contribution in [3.63, 3.8) is 0 Å². The van der Waals surface area contributed by atoms with Crippen LogP contribution in [-0.2, 0) is 0 Å². The Morgan fingerprint density at radius 1 is 0.242 bits per heavy atom. The molecule has 8 aromatic carbocycles. The summed E-state index contributed by atoms with van der Waals surface area (Å²) in [5.41, 5.74) is 15.2. The van der Waals surface area contributed by atoms with E-state index in [0.29, 0.717) is 5.82 Å². The van der Waals surface area contributed by atoms with E-state index in [1.807, 2.05) is 73.3 Å². The highest BCUT2D eigenvalue weighted by Crippen LogP contribution is 2.39. The molecule has 0 spiro atoms. The van der Waals surface area contributed by atoms with Crippen LogP contribution in [0.4, 0.5) is 0 Å². The number of aromatic nitrogens is 6. The molecule has 0 unspecified atom stereocenters. The summed E-state index contributed by atoms with van der Waals surface area (Å²) in [5, 5.41) is 4.87. The lowest BCUT2D eigenvalue weighted by Gasteiger charge is -2.12. The molecule has 0 aliphatic carbocycles. The van der Waals surface area contributed by atoms with Gasteiger partial charge < -0.3 is 9.13 Å². The monoisotopic (exact) mass is 792 g/mol. The SMILES string of the molecule is c1ccc(-c2cnc(-c3ccc(-n4c5ccccc5c5ccc(-c6ccc7c8ccccc8n(-c8ccc(-c9cnc(-c%10ccccc%10)nc9)cc8)c7c6)cc54)cc3)nc2)cc1. The Balaban J connectivity index is 0.916. The van der Waals surface area contributed by atoms with Crippen molar-refractivity contribution in [1.29, 1.82) is 0 Å². The van der Waals surface area contributed by atoms with E-state index in [1.165, 1.54) is 27.1 Å². The van der Waals surface area contributed by atoms with Gasteiger partial charge in [-0.15, -0.1) is 0 Å². The van der Waals surface area contributed by atoms with Gasteiger partial charge in [0.05, 0.1) is 22.1 Å². The second-order valence-corrected chi connectivity index (χ2v) is 15.6. The number of para-hydroxylation sites is 2. The van der Waals surface area contributed by atoms with E-state index in [4.69, 9.17) is 9.97 Å². The smallest absolute Gasteiger partial charge is 0.159 e. The number of hydrogen-bond acceptors (Lipinski definition) is 4. The van der Waals surface area contributed by atoms with Crippen LogP contribution in [0.1, 0.15) is 0 Å². The maximum Gasteiger partial charge on any atom is 0.159 e. The van der Waals surface area contributed by atoms with Gasteiger partial charge >= 0.3 is 0 Å². The zero-order valence-electron chi connectivity index (χ0n) is 33.5. The van der Waals surface area contributed by atoms with Gasteiger partial charge in [-0.3, -0.25) is 0 Å². The fourth-order valence-corrected chi connectivity index (χ4v) is 8.89. The van der Waals surface area contributed by atoms with Gasteiger partial charge in [0.15, 0.2) is 11.6 Å². The maximum atomic E-state index is 4.73. The lowest BCUT2D eigenvalue weighted by atomic mass is 10.0. The van der Waals surface area contributed by atoms with Gasteiger partial charge in [-0.05, 0) is 82.9 Å². The molecule has 4 heterocycles. The molecule has 0 saturated carbocycles. The summed E-state index contributed by atoms with van der Waals surface area (Å²) >= 11 is 0. The molecular formula is C56H36N6. The van der Waals surface area contributed by atoms with E-state index < -0.39 is 0 Å². The van der Waals surface area contributed by atoms with Crippen LogP contribution in [0.25, 0.3) is 111 Å². The van der Waals surface area contributed by atoms with E-state index in [9.17, 15) is 0 Å². The summed E-state index contributed by atoms with van der Waals surface area (Å²) in [5.74, 6) is 1.42. The molecule has 12 aromatic rings. The minimum atomic E-state index is 0.702. The van der Waals surface area contributed by atoms with Crippen LogP contribution in [-0.4, -0.2) is 29.1 Å². The van der Waals surface area contributed by atoms with Gasteiger partial charge in [-0.1, -0.05) is 133 Å². The third-order valence-electron chi connectivity index (χ3n) is 12.0. The number of hydrogen-bond donors (Lipinski definition) is 0. The summed E-state index contributed by atoms with van der Waals surface area (Å²) < 4.78 is 4.75. The Bertz CT molecular complexity index is 3330. The molecule has 0 radical (unpaired) electrons. The number of nitrogens with zero attached hydrogens (tertiary/aromatic N) is 6. The zero-order chi connectivity index (χ0) is 41.0. The highest BCUT2D eigenvalue weighted by atomic mass is 15.0. The Morgan fingerprint density at radius 3 is 1.05 bits per heavy atom. The molecule has 6 nitrogen and oxygen atoms in total. The molecule has 290 valence electrons. The summed E-state index contributed by atoms with van der Waals surface area (Å²) in [6, 6.07) is 68.7. The van der Waals surface area contributed by atoms with Crippen molar-refractivity contribution in [2.75, 3.05) is 0 Å². The minimum absolute atomic E-state index is 0.702. The summed E-state index contributed by atoms with van der Waals surface area (Å²) in [4.78, 5) is 18.8. The molecular weight excluding hydrogens is 757 g/mol. The second kappa shape index (κ2) is 14.7. The van der Waals surface area contributed by atoms with Gasteiger partial charge in [-0.25, -0.2) is 19.9 Å². The average molecular weight is 793 g/mol. The van der Waals surface area contributed by atoms with Gasteiger partial charge in [0.2, 0.25) is 0 Å². The number of fused-ring (bicyclic) bond motifs is 6. The van der Waals surface area contributed by atoms with E-state index >= 15 is 0 Å². The molecule has 0 saturated heterocycles. The summed E-state index contributed by atoms with van der Waals surface area (Å²) in [6.45, 7) is 0. The lowest BCUT2D eigenvalue weighted by Crippen LogP contribution is -1.95. The van der Waals surface area contributed by atoms with Crippen molar-refractivity contribution in [2.45, 2.75) is 0 Å². The third kappa shape index (κ3) is 6.04. The van der Waals surface area contributed by atoms with Crippen molar-refractivity contribution in [2.24, 2.45) is 0 Å². The van der Waals surface area contributed by atoms with Gasteiger partial charge in [-0.2, -0.15) is 0 Å². The second-order valence-electron chi connectivity index (χ2n) is 15.6. The Kier molecular flexibility index (Phi) is 8.38. The van der Waals surface area contributed by atoms with E-state index in [2.05, 4.69) is 165 Å². The maximum absolute atomic E-state index is 4.73. The van der Waals surface area contributed by atoms with Crippen LogP contribution >= 0.6 is 0 Å². The minimum Gasteiger partial charge on any atom is -0.309 e. The molecule has 4 aromatic heterocycles. The summed E-state index contributed by atoms with van der Waals surface area (Å²) in [6.07, 6.45) is 7.61. The van der Waals surface area contributed by atoms with Crippen LogP contribution in [0.3, 0.4) is 0 Å². The quantitative estimate of drug-likeness (QED) is 0.161. The van der Waals surface area contributed by atoms with Crippen molar-refractivity contribution in [3.05, 3.63) is 219 Å². The fourth-order valence-electron chi connectivity index (χ4n) is 8.89. The van der Waals surface area contributed by atoms with E-state index in [1.54, 1.807) is 0 Å². The number of rotatable bonds is 7. The zero-order valence-corrected chi connectivity index (χ0v) is 33.5. The average Bonchev–Trinajstić information content (AvgIpc) is 3.87. The number of benzene rings is 8.